The maximum atomic E-state index is 11.9. The molecule has 1 amide bonds. The predicted octanol–water partition coefficient (Wildman–Crippen LogP) is 2.82. The van der Waals surface area contributed by atoms with Crippen LogP contribution in [0.5, 0.6) is 0 Å². The molecular formula is C14H20N2OS. The number of carbonyl (C=O) groups excluding carboxylic acids is 1. The van der Waals surface area contributed by atoms with E-state index in [4.69, 9.17) is 12.2 Å². The summed E-state index contributed by atoms with van der Waals surface area (Å²) in [5.41, 5.74) is 0.631. The van der Waals surface area contributed by atoms with Gasteiger partial charge in [0, 0.05) is 18.7 Å². The van der Waals surface area contributed by atoms with E-state index in [2.05, 4.69) is 12.2 Å². The number of hydrogen-bond acceptors (Lipinski definition) is 2. The van der Waals surface area contributed by atoms with Crippen molar-refractivity contribution < 1.29 is 4.79 Å². The standard InChI is InChI=1S/C14H20N2OS/c1-3-5-11-16(4-2)14(18)15-13(17)12-9-7-6-8-10-12/h6-10H,3-5,11H2,1-2H3,(H,15,17,18). The SMILES string of the molecule is CCCCN(CC)C(=S)NC(=O)c1ccccc1. The molecular weight excluding hydrogens is 244 g/mol. The van der Waals surface area contributed by atoms with Crippen LogP contribution >= 0.6 is 12.2 Å². The Kier molecular flexibility index (Phi) is 6.36. The van der Waals surface area contributed by atoms with Crippen molar-refractivity contribution in [1.29, 1.82) is 0 Å². The Balaban J connectivity index is 2.55. The van der Waals surface area contributed by atoms with Crippen molar-refractivity contribution in [2.45, 2.75) is 26.7 Å². The summed E-state index contributed by atoms with van der Waals surface area (Å²) in [6.07, 6.45) is 2.20. The summed E-state index contributed by atoms with van der Waals surface area (Å²) in [5, 5.41) is 3.29. The molecule has 0 bridgehead atoms. The highest BCUT2D eigenvalue weighted by Crippen LogP contribution is 2.00. The first-order chi connectivity index (χ1) is 8.69. The highest BCUT2D eigenvalue weighted by Gasteiger charge is 2.11. The third-order valence-corrected chi connectivity index (χ3v) is 3.07. The molecule has 0 unspecified atom stereocenters. The van der Waals surface area contributed by atoms with Crippen molar-refractivity contribution in [3.8, 4) is 0 Å². The molecule has 0 atom stereocenters. The fourth-order valence-electron chi connectivity index (χ4n) is 1.59. The number of amides is 1. The summed E-state index contributed by atoms with van der Waals surface area (Å²) in [6, 6.07) is 9.12. The van der Waals surface area contributed by atoms with Crippen LogP contribution in [0.3, 0.4) is 0 Å². The van der Waals surface area contributed by atoms with Crippen LogP contribution in [-0.2, 0) is 0 Å². The van der Waals surface area contributed by atoms with Gasteiger partial charge in [0.1, 0.15) is 0 Å². The van der Waals surface area contributed by atoms with Crippen molar-refractivity contribution in [3.05, 3.63) is 35.9 Å². The van der Waals surface area contributed by atoms with Gasteiger partial charge >= 0.3 is 0 Å². The number of thiocarbonyl (C=S) groups is 1. The Hall–Kier alpha value is -1.42. The van der Waals surface area contributed by atoms with Crippen molar-refractivity contribution >= 4 is 23.2 Å². The smallest absolute Gasteiger partial charge is 0.257 e. The molecule has 1 aromatic carbocycles. The van der Waals surface area contributed by atoms with Crippen molar-refractivity contribution in [2.75, 3.05) is 13.1 Å². The van der Waals surface area contributed by atoms with Crippen LogP contribution in [0, 0.1) is 0 Å². The summed E-state index contributed by atoms with van der Waals surface area (Å²) >= 11 is 5.26. The topological polar surface area (TPSA) is 32.3 Å². The molecule has 18 heavy (non-hydrogen) atoms. The number of nitrogens with zero attached hydrogens (tertiary/aromatic N) is 1. The second kappa shape index (κ2) is 7.82. The molecule has 0 aromatic heterocycles. The lowest BCUT2D eigenvalue weighted by Crippen LogP contribution is -2.43. The lowest BCUT2D eigenvalue weighted by Gasteiger charge is -2.23. The summed E-state index contributed by atoms with van der Waals surface area (Å²) in [5.74, 6) is -0.143. The molecule has 0 radical (unpaired) electrons. The van der Waals surface area contributed by atoms with E-state index in [9.17, 15) is 4.79 Å². The van der Waals surface area contributed by atoms with E-state index >= 15 is 0 Å². The van der Waals surface area contributed by atoms with Gasteiger partial charge in [0.05, 0.1) is 0 Å². The Morgan fingerprint density at radius 1 is 1.28 bits per heavy atom. The molecule has 1 aromatic rings. The number of nitrogens with one attached hydrogen (secondary N) is 1. The zero-order valence-corrected chi connectivity index (χ0v) is 11.8. The van der Waals surface area contributed by atoms with E-state index < -0.39 is 0 Å². The molecule has 0 fully saturated rings. The highest BCUT2D eigenvalue weighted by atomic mass is 32.1. The average Bonchev–Trinajstić information content (AvgIpc) is 2.40. The van der Waals surface area contributed by atoms with Gasteiger partial charge in [-0.1, -0.05) is 31.5 Å². The second-order valence-corrected chi connectivity index (χ2v) is 4.45. The highest BCUT2D eigenvalue weighted by molar-refractivity contribution is 7.80. The number of rotatable bonds is 5. The summed E-state index contributed by atoms with van der Waals surface area (Å²) in [4.78, 5) is 13.9. The van der Waals surface area contributed by atoms with Gasteiger partial charge in [-0.15, -0.1) is 0 Å². The monoisotopic (exact) mass is 264 g/mol. The van der Waals surface area contributed by atoms with E-state index in [0.717, 1.165) is 25.9 Å². The number of benzene rings is 1. The van der Waals surface area contributed by atoms with E-state index in [1.54, 1.807) is 12.1 Å². The van der Waals surface area contributed by atoms with Gasteiger partial charge < -0.3 is 4.90 Å². The Morgan fingerprint density at radius 2 is 1.94 bits per heavy atom. The third-order valence-electron chi connectivity index (χ3n) is 2.71. The molecule has 0 saturated heterocycles. The van der Waals surface area contributed by atoms with Gasteiger partial charge in [-0.05, 0) is 37.7 Å². The Labute approximate surface area is 114 Å². The molecule has 0 saturated carbocycles. The van der Waals surface area contributed by atoms with Crippen LogP contribution in [0.15, 0.2) is 30.3 Å². The summed E-state index contributed by atoms with van der Waals surface area (Å²) < 4.78 is 0. The molecule has 0 aliphatic carbocycles. The first kappa shape index (κ1) is 14.6. The second-order valence-electron chi connectivity index (χ2n) is 4.06. The zero-order valence-electron chi connectivity index (χ0n) is 11.0. The van der Waals surface area contributed by atoms with Crippen molar-refractivity contribution in [1.82, 2.24) is 10.2 Å². The van der Waals surface area contributed by atoms with E-state index in [-0.39, 0.29) is 5.91 Å². The summed E-state index contributed by atoms with van der Waals surface area (Å²) in [6.45, 7) is 5.88. The first-order valence-electron chi connectivity index (χ1n) is 6.34. The Morgan fingerprint density at radius 3 is 2.50 bits per heavy atom. The molecule has 0 aliphatic rings. The number of unbranched alkanes of at least 4 members (excludes halogenated alkanes) is 1. The van der Waals surface area contributed by atoms with Crippen LogP contribution in [0.4, 0.5) is 0 Å². The fourth-order valence-corrected chi connectivity index (χ4v) is 1.90. The maximum absolute atomic E-state index is 11.9. The Bertz CT molecular complexity index is 392. The van der Waals surface area contributed by atoms with Gasteiger partial charge in [0.25, 0.3) is 5.91 Å². The lowest BCUT2D eigenvalue weighted by atomic mass is 10.2. The third kappa shape index (κ3) is 4.45. The molecule has 1 N–H and O–H groups in total. The molecule has 98 valence electrons. The van der Waals surface area contributed by atoms with Gasteiger partial charge in [0.2, 0.25) is 0 Å². The van der Waals surface area contributed by atoms with E-state index in [0.29, 0.717) is 10.7 Å². The first-order valence-corrected chi connectivity index (χ1v) is 6.75. The maximum Gasteiger partial charge on any atom is 0.257 e. The van der Waals surface area contributed by atoms with Crippen LogP contribution in [0.25, 0.3) is 0 Å². The quantitative estimate of drug-likeness (QED) is 0.830. The largest absolute Gasteiger partial charge is 0.349 e. The van der Waals surface area contributed by atoms with Crippen LogP contribution in [0.2, 0.25) is 0 Å². The minimum atomic E-state index is -0.143. The van der Waals surface area contributed by atoms with Gasteiger partial charge in [-0.25, -0.2) is 0 Å². The molecule has 1 rings (SSSR count). The molecule has 0 spiro atoms. The van der Waals surface area contributed by atoms with Crippen LogP contribution < -0.4 is 5.32 Å². The van der Waals surface area contributed by atoms with E-state index in [1.807, 2.05) is 30.0 Å². The van der Waals surface area contributed by atoms with Gasteiger partial charge in [-0.3, -0.25) is 10.1 Å². The van der Waals surface area contributed by atoms with Gasteiger partial charge in [-0.2, -0.15) is 0 Å². The minimum absolute atomic E-state index is 0.143. The van der Waals surface area contributed by atoms with E-state index in [1.165, 1.54) is 0 Å². The number of hydrogen-bond donors (Lipinski definition) is 1. The molecule has 0 heterocycles. The molecule has 4 heteroatoms. The molecule has 0 aliphatic heterocycles. The minimum Gasteiger partial charge on any atom is -0.349 e. The predicted molar refractivity (Wildman–Crippen MR) is 78.7 cm³/mol. The van der Waals surface area contributed by atoms with Crippen molar-refractivity contribution in [3.63, 3.8) is 0 Å². The zero-order chi connectivity index (χ0) is 13.4. The summed E-state index contributed by atoms with van der Waals surface area (Å²) in [7, 11) is 0. The van der Waals surface area contributed by atoms with Crippen LogP contribution in [-0.4, -0.2) is 29.0 Å². The fraction of sp³-hybridized carbons (Fsp3) is 0.429. The van der Waals surface area contributed by atoms with Gasteiger partial charge in [0.15, 0.2) is 5.11 Å². The van der Waals surface area contributed by atoms with Crippen molar-refractivity contribution in [2.24, 2.45) is 0 Å². The molecule has 3 nitrogen and oxygen atoms in total. The normalized spacial score (nSPS) is 9.89. The lowest BCUT2D eigenvalue weighted by molar-refractivity contribution is 0.0973. The number of carbonyl (C=O) groups is 1. The van der Waals surface area contributed by atoms with Crippen LogP contribution in [0.1, 0.15) is 37.0 Å². The average molecular weight is 264 g/mol.